The van der Waals surface area contributed by atoms with Crippen LogP contribution in [0, 0.1) is 5.82 Å². The molecule has 3 aromatic rings. The van der Waals surface area contributed by atoms with Crippen molar-refractivity contribution < 1.29 is 13.7 Å². The minimum Gasteiger partial charge on any atom is -0.587 e. The molecule has 150 valence electrons. The van der Waals surface area contributed by atoms with Gasteiger partial charge in [0.1, 0.15) is 22.9 Å². The molecule has 0 aliphatic carbocycles. The molecule has 1 aromatic heterocycles. The lowest BCUT2D eigenvalue weighted by Gasteiger charge is -2.17. The highest BCUT2D eigenvalue weighted by molar-refractivity contribution is 7.90. The van der Waals surface area contributed by atoms with Gasteiger partial charge in [-0.15, -0.1) is 0 Å². The van der Waals surface area contributed by atoms with Gasteiger partial charge in [0.2, 0.25) is 0 Å². The van der Waals surface area contributed by atoms with E-state index in [2.05, 4.69) is 11.4 Å². The number of ether oxygens (including phenoxy) is 1. The zero-order valence-corrected chi connectivity index (χ0v) is 17.0. The molecule has 1 atom stereocenters. The third-order valence-electron chi connectivity index (χ3n) is 4.92. The van der Waals surface area contributed by atoms with Crippen molar-refractivity contribution in [2.45, 2.75) is 17.9 Å². The van der Waals surface area contributed by atoms with Gasteiger partial charge < -0.3 is 14.6 Å². The van der Waals surface area contributed by atoms with Crippen molar-refractivity contribution in [2.24, 2.45) is 0 Å². The number of benzene rings is 2. The highest BCUT2D eigenvalue weighted by atomic mass is 32.2. The quantitative estimate of drug-likeness (QED) is 0.613. The van der Waals surface area contributed by atoms with Crippen LogP contribution in [0.15, 0.2) is 71.8 Å². The molecular weight excluding hydrogens is 387 g/mol. The molecule has 0 bridgehead atoms. The first-order valence-electron chi connectivity index (χ1n) is 9.57. The van der Waals surface area contributed by atoms with Crippen LogP contribution in [0.3, 0.4) is 0 Å². The Morgan fingerprint density at radius 1 is 1.17 bits per heavy atom. The minimum absolute atomic E-state index is 0.332. The second-order valence-electron chi connectivity index (χ2n) is 6.90. The van der Waals surface area contributed by atoms with Crippen LogP contribution >= 0.6 is 0 Å². The molecule has 1 aliphatic heterocycles. The molecule has 0 amide bonds. The lowest BCUT2D eigenvalue weighted by Crippen LogP contribution is -2.14. The molecule has 1 unspecified atom stereocenters. The highest BCUT2D eigenvalue weighted by Crippen LogP contribution is 2.30. The van der Waals surface area contributed by atoms with Crippen molar-refractivity contribution >= 4 is 16.9 Å². The lowest BCUT2D eigenvalue weighted by molar-refractivity contribution is 0.161. The van der Waals surface area contributed by atoms with E-state index in [-0.39, 0.29) is 5.82 Å². The maximum absolute atomic E-state index is 14.5. The Balaban J connectivity index is 1.74. The molecule has 1 N–H and O–H groups in total. The van der Waals surface area contributed by atoms with Crippen molar-refractivity contribution in [1.29, 1.82) is 0 Å². The third-order valence-corrected chi connectivity index (χ3v) is 6.24. The first-order chi connectivity index (χ1) is 14.2. The second kappa shape index (κ2) is 8.97. The number of halogens is 1. The summed E-state index contributed by atoms with van der Waals surface area (Å²) in [7, 11) is 1.85. The first kappa shape index (κ1) is 19.9. The summed E-state index contributed by atoms with van der Waals surface area (Å²) >= 11 is -1.50. The number of rotatable bonds is 6. The van der Waals surface area contributed by atoms with Crippen molar-refractivity contribution in [2.75, 3.05) is 20.3 Å². The molecule has 6 heteroatoms. The summed E-state index contributed by atoms with van der Waals surface area (Å²) in [6.07, 6.45) is 4.73. The van der Waals surface area contributed by atoms with E-state index in [1.807, 2.05) is 43.6 Å². The van der Waals surface area contributed by atoms with Gasteiger partial charge in [0.25, 0.3) is 0 Å². The van der Waals surface area contributed by atoms with Crippen LogP contribution in [0.5, 0.6) is 0 Å². The van der Waals surface area contributed by atoms with Gasteiger partial charge in [-0.25, -0.2) is 4.39 Å². The molecular formula is C23H23FN2O2S. The molecule has 0 fully saturated rings. The van der Waals surface area contributed by atoms with Gasteiger partial charge in [0, 0.05) is 18.2 Å². The summed E-state index contributed by atoms with van der Waals surface area (Å²) in [5.74, 6) is -0.332. The monoisotopic (exact) mass is 410 g/mol. The SMILES string of the molecule is CNCc1cc(-c2ccccc2F)n([S+]([O-])c2cccc(C3=CCOCC3)c2)c1. The fraction of sp³-hybridized carbons (Fsp3) is 0.217. The Morgan fingerprint density at radius 3 is 2.79 bits per heavy atom. The van der Waals surface area contributed by atoms with E-state index in [9.17, 15) is 8.94 Å². The van der Waals surface area contributed by atoms with Crippen molar-refractivity contribution in [3.05, 3.63) is 83.8 Å². The van der Waals surface area contributed by atoms with Crippen LogP contribution in [0.4, 0.5) is 4.39 Å². The van der Waals surface area contributed by atoms with Gasteiger partial charge in [0.05, 0.1) is 19.4 Å². The van der Waals surface area contributed by atoms with Crippen LogP contribution in [-0.2, 0) is 22.6 Å². The Kier molecular flexibility index (Phi) is 6.16. The number of hydrogen-bond donors (Lipinski definition) is 1. The van der Waals surface area contributed by atoms with E-state index in [0.29, 0.717) is 35.9 Å². The van der Waals surface area contributed by atoms with Crippen LogP contribution in [0.25, 0.3) is 16.8 Å². The van der Waals surface area contributed by atoms with E-state index in [0.717, 1.165) is 17.5 Å². The molecule has 29 heavy (non-hydrogen) atoms. The molecule has 0 saturated carbocycles. The fourth-order valence-electron chi connectivity index (χ4n) is 3.51. The predicted octanol–water partition coefficient (Wildman–Crippen LogP) is 4.39. The number of nitrogens with one attached hydrogen (secondary N) is 1. The molecule has 2 heterocycles. The van der Waals surface area contributed by atoms with Crippen molar-refractivity contribution in [1.82, 2.24) is 9.29 Å². The second-order valence-corrected chi connectivity index (χ2v) is 8.26. The minimum atomic E-state index is -1.50. The van der Waals surface area contributed by atoms with E-state index >= 15 is 0 Å². The summed E-state index contributed by atoms with van der Waals surface area (Å²) < 4.78 is 35.0. The standard InChI is InChI=1S/C23H23FN2O2S/c1-25-15-17-13-23(21-7-2-3-8-22(21)24)26(16-17)29(27)20-6-4-5-19(14-20)18-9-11-28-12-10-18/h2-9,13-14,16,25H,10-12,15H2,1H3. The van der Waals surface area contributed by atoms with Gasteiger partial charge in [-0.3, -0.25) is 0 Å². The summed E-state index contributed by atoms with van der Waals surface area (Å²) in [6, 6.07) is 16.2. The summed E-state index contributed by atoms with van der Waals surface area (Å²) in [5.41, 5.74) is 4.23. The topological polar surface area (TPSA) is 49.2 Å². The van der Waals surface area contributed by atoms with Gasteiger partial charge in [0.15, 0.2) is 4.90 Å². The molecule has 0 radical (unpaired) electrons. The third kappa shape index (κ3) is 4.31. The van der Waals surface area contributed by atoms with Crippen LogP contribution in [-0.4, -0.2) is 28.8 Å². The zero-order chi connectivity index (χ0) is 20.2. The number of nitrogens with zero attached hydrogens (tertiary/aromatic N) is 1. The van der Waals surface area contributed by atoms with E-state index in [1.54, 1.807) is 22.2 Å². The van der Waals surface area contributed by atoms with Gasteiger partial charge in [-0.05, 0) is 54.4 Å². The number of hydrogen-bond acceptors (Lipinski definition) is 3. The van der Waals surface area contributed by atoms with Crippen molar-refractivity contribution in [3.63, 3.8) is 0 Å². The largest absolute Gasteiger partial charge is 0.587 e. The Labute approximate surface area is 173 Å². The normalized spacial score (nSPS) is 15.2. The highest BCUT2D eigenvalue weighted by Gasteiger charge is 2.22. The lowest BCUT2D eigenvalue weighted by atomic mass is 10.0. The van der Waals surface area contributed by atoms with Crippen molar-refractivity contribution in [3.8, 4) is 11.3 Å². The Morgan fingerprint density at radius 2 is 2.03 bits per heavy atom. The molecule has 0 spiro atoms. The summed E-state index contributed by atoms with van der Waals surface area (Å²) in [5, 5.41) is 3.10. The maximum atomic E-state index is 14.5. The van der Waals surface area contributed by atoms with E-state index in [4.69, 9.17) is 4.74 Å². The van der Waals surface area contributed by atoms with Crippen LogP contribution in [0.2, 0.25) is 0 Å². The number of aromatic nitrogens is 1. The molecule has 4 rings (SSSR count). The van der Waals surface area contributed by atoms with Gasteiger partial charge in [-0.2, -0.15) is 3.97 Å². The zero-order valence-electron chi connectivity index (χ0n) is 16.2. The van der Waals surface area contributed by atoms with Gasteiger partial charge in [-0.1, -0.05) is 30.3 Å². The fourth-order valence-corrected chi connectivity index (χ4v) is 4.72. The smallest absolute Gasteiger partial charge is 0.181 e. The molecule has 4 nitrogen and oxygen atoms in total. The average Bonchev–Trinajstić information content (AvgIpc) is 3.18. The molecule has 1 aliphatic rings. The predicted molar refractivity (Wildman–Crippen MR) is 114 cm³/mol. The van der Waals surface area contributed by atoms with E-state index in [1.165, 1.54) is 11.6 Å². The summed E-state index contributed by atoms with van der Waals surface area (Å²) in [6.45, 7) is 1.91. The molecule has 2 aromatic carbocycles. The van der Waals surface area contributed by atoms with E-state index < -0.39 is 11.4 Å². The maximum Gasteiger partial charge on any atom is 0.181 e. The Bertz CT molecular complexity index is 1030. The van der Waals surface area contributed by atoms with Crippen LogP contribution < -0.4 is 5.32 Å². The molecule has 0 saturated heterocycles. The Hall–Kier alpha value is -2.38. The van der Waals surface area contributed by atoms with Crippen LogP contribution in [0.1, 0.15) is 17.5 Å². The average molecular weight is 411 g/mol. The first-order valence-corrected chi connectivity index (χ1v) is 10.7. The summed E-state index contributed by atoms with van der Waals surface area (Å²) in [4.78, 5) is 0.680. The van der Waals surface area contributed by atoms with Gasteiger partial charge >= 0.3 is 0 Å².